The summed E-state index contributed by atoms with van der Waals surface area (Å²) >= 11 is 1.63. The Morgan fingerprint density at radius 3 is 2.61 bits per heavy atom. The van der Waals surface area contributed by atoms with Crippen LogP contribution in [0.2, 0.25) is 0 Å². The van der Waals surface area contributed by atoms with Crippen molar-refractivity contribution in [2.24, 2.45) is 5.92 Å². The number of amides is 1. The molecular formula is C23H28N4O3S. The lowest BCUT2D eigenvalue weighted by Crippen LogP contribution is -2.49. The number of hydrogen-bond donors (Lipinski definition) is 0. The van der Waals surface area contributed by atoms with Gasteiger partial charge in [0, 0.05) is 26.2 Å². The summed E-state index contributed by atoms with van der Waals surface area (Å²) in [6, 6.07) is 7.80. The molecule has 2 aromatic heterocycles. The number of hydrogen-bond acceptors (Lipinski definition) is 7. The molecule has 1 aliphatic heterocycles. The molecule has 4 rings (SSSR count). The van der Waals surface area contributed by atoms with Crippen LogP contribution in [0, 0.1) is 12.8 Å². The van der Waals surface area contributed by atoms with Gasteiger partial charge in [0.15, 0.2) is 5.82 Å². The number of nitrogens with zero attached hydrogens (tertiary/aromatic N) is 4. The van der Waals surface area contributed by atoms with E-state index in [9.17, 15) is 4.79 Å². The van der Waals surface area contributed by atoms with Crippen molar-refractivity contribution in [1.82, 2.24) is 14.9 Å². The molecule has 0 radical (unpaired) electrons. The summed E-state index contributed by atoms with van der Waals surface area (Å²) in [5, 5.41) is 3.20. The molecule has 31 heavy (non-hydrogen) atoms. The van der Waals surface area contributed by atoms with E-state index in [1.807, 2.05) is 38.1 Å². The molecule has 0 atom stereocenters. The van der Waals surface area contributed by atoms with E-state index in [4.69, 9.17) is 19.4 Å². The third kappa shape index (κ3) is 4.44. The van der Waals surface area contributed by atoms with E-state index in [1.54, 1.807) is 23.3 Å². The minimum atomic E-state index is -0.234. The van der Waals surface area contributed by atoms with Gasteiger partial charge in [0.1, 0.15) is 16.4 Å². The van der Waals surface area contributed by atoms with Crippen LogP contribution in [0.25, 0.3) is 21.6 Å². The molecule has 0 saturated carbocycles. The lowest BCUT2D eigenvalue weighted by atomic mass is 10.1. The number of aryl methyl sites for hydroxylation is 1. The van der Waals surface area contributed by atoms with Gasteiger partial charge in [-0.2, -0.15) is 0 Å². The number of para-hydroxylation sites is 1. The summed E-state index contributed by atoms with van der Waals surface area (Å²) in [7, 11) is 1.66. The van der Waals surface area contributed by atoms with E-state index < -0.39 is 0 Å². The van der Waals surface area contributed by atoms with Crippen molar-refractivity contribution in [1.29, 1.82) is 0 Å². The summed E-state index contributed by atoms with van der Waals surface area (Å²) in [4.78, 5) is 27.1. The Kier molecular flexibility index (Phi) is 6.27. The second-order valence-electron chi connectivity index (χ2n) is 8.11. The lowest BCUT2D eigenvalue weighted by molar-refractivity contribution is 0.0901. The highest BCUT2D eigenvalue weighted by Crippen LogP contribution is 2.36. The largest absolute Gasteiger partial charge is 0.496 e. The number of carbonyl (C=O) groups excluding carboxylic acids is 1. The van der Waals surface area contributed by atoms with Crippen LogP contribution < -0.4 is 9.64 Å². The average molecular weight is 441 g/mol. The summed E-state index contributed by atoms with van der Waals surface area (Å²) in [6.07, 6.45) is -0.234. The molecule has 1 amide bonds. The van der Waals surface area contributed by atoms with Crippen LogP contribution in [0.3, 0.4) is 0 Å². The summed E-state index contributed by atoms with van der Waals surface area (Å²) in [5.41, 5.74) is 2.04. The molecule has 0 bridgehead atoms. The third-order valence-corrected chi connectivity index (χ3v) is 6.31. The van der Waals surface area contributed by atoms with Gasteiger partial charge in [-0.05, 0) is 35.9 Å². The average Bonchev–Trinajstić information content (AvgIpc) is 3.17. The zero-order chi connectivity index (χ0) is 22.0. The zero-order valence-corrected chi connectivity index (χ0v) is 19.2. The van der Waals surface area contributed by atoms with E-state index in [0.29, 0.717) is 44.5 Å². The first-order valence-corrected chi connectivity index (χ1v) is 11.4. The predicted octanol–water partition coefficient (Wildman–Crippen LogP) is 4.59. The molecule has 0 N–H and O–H groups in total. The van der Waals surface area contributed by atoms with Gasteiger partial charge in [-0.1, -0.05) is 26.0 Å². The number of anilines is 1. The topological polar surface area (TPSA) is 67.8 Å². The Morgan fingerprint density at radius 2 is 1.90 bits per heavy atom. The molecule has 1 aliphatic rings. The molecule has 0 aliphatic carbocycles. The molecular weight excluding hydrogens is 412 g/mol. The molecule has 1 aromatic carbocycles. The molecule has 3 aromatic rings. The van der Waals surface area contributed by atoms with Crippen molar-refractivity contribution in [2.75, 3.05) is 44.8 Å². The number of carbonyl (C=O) groups is 1. The number of piperazine rings is 1. The van der Waals surface area contributed by atoms with Gasteiger partial charge < -0.3 is 19.3 Å². The molecule has 1 fully saturated rings. The van der Waals surface area contributed by atoms with Gasteiger partial charge in [-0.15, -0.1) is 11.3 Å². The van der Waals surface area contributed by atoms with Crippen molar-refractivity contribution in [2.45, 2.75) is 20.8 Å². The van der Waals surface area contributed by atoms with Crippen LogP contribution in [-0.4, -0.2) is 60.9 Å². The minimum Gasteiger partial charge on any atom is -0.496 e. The fraction of sp³-hybridized carbons (Fsp3) is 0.435. The van der Waals surface area contributed by atoms with Gasteiger partial charge in [0.2, 0.25) is 0 Å². The van der Waals surface area contributed by atoms with Crippen molar-refractivity contribution in [3.63, 3.8) is 0 Å². The van der Waals surface area contributed by atoms with Crippen LogP contribution in [0.1, 0.15) is 19.4 Å². The molecule has 8 heteroatoms. The molecule has 3 heterocycles. The standard InChI is InChI=1S/C23H28N4O3S/c1-15(2)13-30-23(28)27-11-9-26(10-12-27)21-19-16(3)14-31-22(19)25-20(24-21)17-7-5-6-8-18(17)29-4/h5-8,14-15H,9-13H2,1-4H3. The smallest absolute Gasteiger partial charge is 0.409 e. The number of rotatable bonds is 5. The number of aromatic nitrogens is 2. The van der Waals surface area contributed by atoms with E-state index in [0.717, 1.165) is 27.3 Å². The van der Waals surface area contributed by atoms with Gasteiger partial charge in [0.25, 0.3) is 0 Å². The van der Waals surface area contributed by atoms with Crippen LogP contribution in [0.5, 0.6) is 5.75 Å². The van der Waals surface area contributed by atoms with Crippen LogP contribution in [-0.2, 0) is 4.74 Å². The van der Waals surface area contributed by atoms with Crippen molar-refractivity contribution >= 4 is 33.5 Å². The number of methoxy groups -OCH3 is 1. The monoisotopic (exact) mass is 440 g/mol. The fourth-order valence-corrected chi connectivity index (χ4v) is 4.59. The zero-order valence-electron chi connectivity index (χ0n) is 18.4. The Labute approximate surface area is 186 Å². The first-order chi connectivity index (χ1) is 15.0. The van der Waals surface area contributed by atoms with E-state index in [1.165, 1.54) is 5.56 Å². The first kappa shape index (κ1) is 21.4. The maximum absolute atomic E-state index is 12.3. The molecule has 164 valence electrons. The summed E-state index contributed by atoms with van der Waals surface area (Å²) in [5.74, 6) is 2.65. The van der Waals surface area contributed by atoms with Gasteiger partial charge >= 0.3 is 6.09 Å². The predicted molar refractivity (Wildman–Crippen MR) is 124 cm³/mol. The number of benzene rings is 1. The van der Waals surface area contributed by atoms with Gasteiger partial charge in [-0.25, -0.2) is 14.8 Å². The van der Waals surface area contributed by atoms with Crippen LogP contribution >= 0.6 is 11.3 Å². The first-order valence-electron chi connectivity index (χ1n) is 10.5. The summed E-state index contributed by atoms with van der Waals surface area (Å²) in [6.45, 7) is 9.22. The second kappa shape index (κ2) is 9.09. The van der Waals surface area contributed by atoms with Crippen LogP contribution in [0.15, 0.2) is 29.6 Å². The Balaban J connectivity index is 1.62. The highest BCUT2D eigenvalue weighted by molar-refractivity contribution is 7.17. The molecule has 7 nitrogen and oxygen atoms in total. The Bertz CT molecular complexity index is 1070. The fourth-order valence-electron chi connectivity index (χ4n) is 3.67. The van der Waals surface area contributed by atoms with E-state index in [-0.39, 0.29) is 6.09 Å². The molecule has 1 saturated heterocycles. The van der Waals surface area contributed by atoms with Gasteiger partial charge in [0.05, 0.1) is 24.7 Å². The van der Waals surface area contributed by atoms with Crippen LogP contribution in [0.4, 0.5) is 10.6 Å². The molecule has 0 unspecified atom stereocenters. The van der Waals surface area contributed by atoms with E-state index >= 15 is 0 Å². The highest BCUT2D eigenvalue weighted by atomic mass is 32.1. The minimum absolute atomic E-state index is 0.234. The summed E-state index contributed by atoms with van der Waals surface area (Å²) < 4.78 is 10.9. The van der Waals surface area contributed by atoms with Crippen molar-refractivity contribution < 1.29 is 14.3 Å². The maximum atomic E-state index is 12.3. The van der Waals surface area contributed by atoms with E-state index in [2.05, 4.69) is 17.2 Å². The number of fused-ring (bicyclic) bond motifs is 1. The molecule has 0 spiro atoms. The van der Waals surface area contributed by atoms with Crippen molar-refractivity contribution in [3.8, 4) is 17.1 Å². The quantitative estimate of drug-likeness (QED) is 0.578. The Morgan fingerprint density at radius 1 is 1.16 bits per heavy atom. The number of ether oxygens (including phenoxy) is 2. The maximum Gasteiger partial charge on any atom is 0.409 e. The highest BCUT2D eigenvalue weighted by Gasteiger charge is 2.26. The second-order valence-corrected chi connectivity index (χ2v) is 8.97. The third-order valence-electron chi connectivity index (χ3n) is 5.32. The van der Waals surface area contributed by atoms with Gasteiger partial charge in [-0.3, -0.25) is 0 Å². The Hall–Kier alpha value is -2.87. The number of thiophene rings is 1. The lowest BCUT2D eigenvalue weighted by Gasteiger charge is -2.35. The SMILES string of the molecule is COc1ccccc1-c1nc(N2CCN(C(=O)OCC(C)C)CC2)c2c(C)csc2n1. The van der Waals surface area contributed by atoms with Crippen molar-refractivity contribution in [3.05, 3.63) is 35.2 Å². The normalized spacial score (nSPS) is 14.4.